The van der Waals surface area contributed by atoms with Crippen LogP contribution in [0.5, 0.6) is 0 Å². The molecule has 1 fully saturated rings. The highest BCUT2D eigenvalue weighted by Crippen LogP contribution is 2.39. The molecule has 1 aromatic rings. The number of fused-ring (bicyclic) bond motifs is 1. The molecule has 104 valence electrons. The zero-order valence-electron chi connectivity index (χ0n) is 10.9. The van der Waals surface area contributed by atoms with Crippen LogP contribution in [-0.2, 0) is 9.84 Å². The lowest BCUT2D eigenvalue weighted by molar-refractivity contribution is 0.470. The maximum Gasteiger partial charge on any atom is 0.178 e. The second kappa shape index (κ2) is 4.56. The van der Waals surface area contributed by atoms with Crippen molar-refractivity contribution in [2.75, 3.05) is 5.75 Å². The first-order valence-electron chi connectivity index (χ1n) is 6.79. The minimum Gasteiger partial charge on any atom is -0.307 e. The molecular weight excluding hydrogens is 265 g/mol. The summed E-state index contributed by atoms with van der Waals surface area (Å²) in [5.74, 6) is 0.466. The van der Waals surface area contributed by atoms with Crippen LogP contribution < -0.4 is 5.32 Å². The van der Waals surface area contributed by atoms with Crippen LogP contribution in [0.2, 0.25) is 0 Å². The van der Waals surface area contributed by atoms with Gasteiger partial charge in [0.1, 0.15) is 5.82 Å². The molecule has 19 heavy (non-hydrogen) atoms. The van der Waals surface area contributed by atoms with Gasteiger partial charge in [-0.05, 0) is 42.5 Å². The molecule has 5 heteroatoms. The third kappa shape index (κ3) is 2.41. The van der Waals surface area contributed by atoms with Crippen molar-refractivity contribution in [3.8, 4) is 0 Å². The summed E-state index contributed by atoms with van der Waals surface area (Å²) in [5.41, 5.74) is 0.605. The van der Waals surface area contributed by atoms with Crippen molar-refractivity contribution in [2.45, 2.75) is 43.2 Å². The first kappa shape index (κ1) is 13.1. The molecule has 1 aliphatic heterocycles. The van der Waals surface area contributed by atoms with Gasteiger partial charge in [-0.15, -0.1) is 0 Å². The second-order valence-electron chi connectivity index (χ2n) is 5.52. The van der Waals surface area contributed by atoms with Crippen molar-refractivity contribution in [3.05, 3.63) is 29.6 Å². The molecule has 3 nitrogen and oxygen atoms in total. The Hall–Kier alpha value is -0.940. The summed E-state index contributed by atoms with van der Waals surface area (Å²) in [5, 5.41) is 3.48. The number of hydrogen-bond donors (Lipinski definition) is 1. The van der Waals surface area contributed by atoms with E-state index < -0.39 is 9.84 Å². The highest BCUT2D eigenvalue weighted by molar-refractivity contribution is 7.91. The minimum atomic E-state index is -3.23. The SMILES string of the molecule is CCC1CC1NC1CCS(=O)(=O)c2ccc(F)cc21. The van der Waals surface area contributed by atoms with Crippen molar-refractivity contribution in [1.82, 2.24) is 5.32 Å². The van der Waals surface area contributed by atoms with Crippen LogP contribution >= 0.6 is 0 Å². The molecular formula is C14H18FNO2S. The zero-order chi connectivity index (χ0) is 13.6. The molecule has 0 radical (unpaired) electrons. The van der Waals surface area contributed by atoms with E-state index in [1.54, 1.807) is 0 Å². The topological polar surface area (TPSA) is 46.2 Å². The number of nitrogens with one attached hydrogen (secondary N) is 1. The van der Waals surface area contributed by atoms with Crippen molar-refractivity contribution >= 4 is 9.84 Å². The number of rotatable bonds is 3. The Morgan fingerprint density at radius 1 is 1.42 bits per heavy atom. The summed E-state index contributed by atoms with van der Waals surface area (Å²) < 4.78 is 37.4. The molecule has 0 spiro atoms. The molecule has 0 saturated heterocycles. The van der Waals surface area contributed by atoms with Gasteiger partial charge in [-0.3, -0.25) is 0 Å². The van der Waals surface area contributed by atoms with Gasteiger partial charge in [0.2, 0.25) is 0 Å². The third-order valence-corrected chi connectivity index (χ3v) is 6.03. The number of benzene rings is 1. The van der Waals surface area contributed by atoms with E-state index in [1.807, 2.05) is 0 Å². The Kier molecular flexibility index (Phi) is 3.14. The van der Waals surface area contributed by atoms with Gasteiger partial charge in [0.15, 0.2) is 9.84 Å². The molecule has 1 aromatic carbocycles. The highest BCUT2D eigenvalue weighted by atomic mass is 32.2. The van der Waals surface area contributed by atoms with Gasteiger partial charge in [0, 0.05) is 12.1 Å². The predicted molar refractivity (Wildman–Crippen MR) is 71.1 cm³/mol. The maximum absolute atomic E-state index is 13.4. The Balaban J connectivity index is 1.90. The van der Waals surface area contributed by atoms with E-state index in [2.05, 4.69) is 12.2 Å². The number of halogens is 1. The molecule has 3 rings (SSSR count). The molecule has 3 unspecified atom stereocenters. The Morgan fingerprint density at radius 3 is 2.89 bits per heavy atom. The first-order chi connectivity index (χ1) is 9.01. The molecule has 1 aliphatic carbocycles. The first-order valence-corrected chi connectivity index (χ1v) is 8.44. The third-order valence-electron chi connectivity index (χ3n) is 4.22. The lowest BCUT2D eigenvalue weighted by atomic mass is 10.0. The van der Waals surface area contributed by atoms with E-state index in [4.69, 9.17) is 0 Å². The molecule has 0 amide bonds. The number of hydrogen-bond acceptors (Lipinski definition) is 3. The molecule has 0 aromatic heterocycles. The summed E-state index contributed by atoms with van der Waals surface area (Å²) in [6, 6.07) is 4.43. The fraction of sp³-hybridized carbons (Fsp3) is 0.571. The summed E-state index contributed by atoms with van der Waals surface area (Å²) in [6.45, 7) is 2.16. The van der Waals surface area contributed by atoms with Crippen LogP contribution in [0, 0.1) is 11.7 Å². The Labute approximate surface area is 113 Å². The van der Waals surface area contributed by atoms with Crippen molar-refractivity contribution in [3.63, 3.8) is 0 Å². The van der Waals surface area contributed by atoms with Crippen molar-refractivity contribution < 1.29 is 12.8 Å². The van der Waals surface area contributed by atoms with Gasteiger partial charge in [-0.25, -0.2) is 12.8 Å². The van der Waals surface area contributed by atoms with Crippen LogP contribution in [-0.4, -0.2) is 20.2 Å². The Morgan fingerprint density at radius 2 is 2.21 bits per heavy atom. The van der Waals surface area contributed by atoms with E-state index in [0.717, 1.165) is 12.8 Å². The van der Waals surface area contributed by atoms with Crippen LogP contribution in [0.4, 0.5) is 4.39 Å². The van der Waals surface area contributed by atoms with Crippen molar-refractivity contribution in [1.29, 1.82) is 0 Å². The normalized spacial score (nSPS) is 31.8. The van der Waals surface area contributed by atoms with Crippen LogP contribution in [0.15, 0.2) is 23.1 Å². The molecule has 1 heterocycles. The van der Waals surface area contributed by atoms with Gasteiger partial charge in [-0.2, -0.15) is 0 Å². The van der Waals surface area contributed by atoms with Gasteiger partial charge < -0.3 is 5.32 Å². The smallest absolute Gasteiger partial charge is 0.178 e. The molecule has 3 atom stereocenters. The average molecular weight is 283 g/mol. The largest absolute Gasteiger partial charge is 0.307 e. The van der Waals surface area contributed by atoms with E-state index in [9.17, 15) is 12.8 Å². The zero-order valence-corrected chi connectivity index (χ0v) is 11.7. The lowest BCUT2D eigenvalue weighted by Crippen LogP contribution is -2.31. The van der Waals surface area contributed by atoms with E-state index >= 15 is 0 Å². The quantitative estimate of drug-likeness (QED) is 0.867. The number of sulfone groups is 1. The van der Waals surface area contributed by atoms with E-state index in [1.165, 1.54) is 18.2 Å². The molecule has 1 N–H and O–H groups in total. The molecule has 2 aliphatic rings. The predicted octanol–water partition coefficient (Wildman–Crippen LogP) is 2.43. The molecule has 1 saturated carbocycles. The highest BCUT2D eigenvalue weighted by Gasteiger charge is 2.39. The maximum atomic E-state index is 13.4. The van der Waals surface area contributed by atoms with Crippen LogP contribution in [0.3, 0.4) is 0 Å². The Bertz CT molecular complexity index is 599. The minimum absolute atomic E-state index is 0.0317. The van der Waals surface area contributed by atoms with Gasteiger partial charge in [0.25, 0.3) is 0 Å². The fourth-order valence-electron chi connectivity index (χ4n) is 2.95. The lowest BCUT2D eigenvalue weighted by Gasteiger charge is -2.26. The van der Waals surface area contributed by atoms with Crippen LogP contribution in [0.1, 0.15) is 37.8 Å². The van der Waals surface area contributed by atoms with E-state index in [0.29, 0.717) is 28.8 Å². The molecule has 0 bridgehead atoms. The van der Waals surface area contributed by atoms with Gasteiger partial charge >= 0.3 is 0 Å². The summed E-state index contributed by atoms with van der Waals surface area (Å²) in [7, 11) is -3.23. The van der Waals surface area contributed by atoms with E-state index in [-0.39, 0.29) is 17.6 Å². The van der Waals surface area contributed by atoms with Gasteiger partial charge in [0.05, 0.1) is 10.6 Å². The summed E-state index contributed by atoms with van der Waals surface area (Å²) >= 11 is 0. The monoisotopic (exact) mass is 283 g/mol. The van der Waals surface area contributed by atoms with Crippen molar-refractivity contribution in [2.24, 2.45) is 5.92 Å². The van der Waals surface area contributed by atoms with Crippen LogP contribution in [0.25, 0.3) is 0 Å². The van der Waals surface area contributed by atoms with Gasteiger partial charge in [-0.1, -0.05) is 13.3 Å². The summed E-state index contributed by atoms with van der Waals surface area (Å²) in [4.78, 5) is 0.298. The fourth-order valence-corrected chi connectivity index (χ4v) is 4.55. The average Bonchev–Trinajstić information content (AvgIpc) is 3.11. The summed E-state index contributed by atoms with van der Waals surface area (Å²) in [6.07, 6.45) is 2.81. The standard InChI is InChI=1S/C14H18FNO2S/c1-2-9-7-13(9)16-12-5-6-19(17,18)14-4-3-10(15)8-11(12)14/h3-4,8-9,12-13,16H,2,5-7H2,1H3. The second-order valence-corrected chi connectivity index (χ2v) is 7.60.